The third kappa shape index (κ3) is 4.10. The first-order valence-corrected chi connectivity index (χ1v) is 7.60. The predicted octanol–water partition coefficient (Wildman–Crippen LogP) is 2.07. The lowest BCUT2D eigenvalue weighted by molar-refractivity contribution is -0.140. The van der Waals surface area contributed by atoms with Crippen LogP contribution in [-0.2, 0) is 20.7 Å². The van der Waals surface area contributed by atoms with Gasteiger partial charge >= 0.3 is 12.0 Å². The Hall–Kier alpha value is -2.34. The second-order valence-corrected chi connectivity index (χ2v) is 5.29. The summed E-state index contributed by atoms with van der Waals surface area (Å²) < 4.78 is 10.1. The lowest BCUT2D eigenvalue weighted by Gasteiger charge is -2.28. The Morgan fingerprint density at radius 1 is 1.22 bits per heavy atom. The minimum atomic E-state index is -0.523. The van der Waals surface area contributed by atoms with Crippen molar-refractivity contribution in [1.82, 2.24) is 10.6 Å². The monoisotopic (exact) mass is 318 g/mol. The van der Waals surface area contributed by atoms with E-state index in [0.717, 1.165) is 12.0 Å². The topological polar surface area (TPSA) is 76.7 Å². The molecule has 0 aliphatic carbocycles. The van der Waals surface area contributed by atoms with Gasteiger partial charge in [0.05, 0.1) is 18.2 Å². The quantitative estimate of drug-likeness (QED) is 0.622. The molecule has 6 nitrogen and oxygen atoms in total. The number of ether oxygens (including phenoxy) is 2. The SMILES string of the molecule is CCc1ccc([C@@H]2NC(=O)NC(C)=C2C(=O)OCCOC)cc1. The summed E-state index contributed by atoms with van der Waals surface area (Å²) in [4.78, 5) is 24.2. The summed E-state index contributed by atoms with van der Waals surface area (Å²) >= 11 is 0. The Labute approximate surface area is 135 Å². The minimum Gasteiger partial charge on any atom is -0.460 e. The molecule has 2 rings (SSSR count). The summed E-state index contributed by atoms with van der Waals surface area (Å²) in [6.07, 6.45) is 0.930. The third-order valence-corrected chi connectivity index (χ3v) is 3.73. The van der Waals surface area contributed by atoms with Crippen LogP contribution in [0.4, 0.5) is 4.79 Å². The molecule has 23 heavy (non-hydrogen) atoms. The van der Waals surface area contributed by atoms with Crippen LogP contribution in [0.15, 0.2) is 35.5 Å². The van der Waals surface area contributed by atoms with Crippen molar-refractivity contribution < 1.29 is 19.1 Å². The van der Waals surface area contributed by atoms with E-state index in [0.29, 0.717) is 17.9 Å². The van der Waals surface area contributed by atoms with Crippen molar-refractivity contribution in [3.63, 3.8) is 0 Å². The van der Waals surface area contributed by atoms with Gasteiger partial charge in [0.2, 0.25) is 0 Å². The molecule has 6 heteroatoms. The number of aryl methyl sites for hydroxylation is 1. The van der Waals surface area contributed by atoms with E-state index in [4.69, 9.17) is 9.47 Å². The van der Waals surface area contributed by atoms with E-state index >= 15 is 0 Å². The van der Waals surface area contributed by atoms with Gasteiger partial charge in [-0.3, -0.25) is 0 Å². The lowest BCUT2D eigenvalue weighted by Crippen LogP contribution is -2.45. The summed E-state index contributed by atoms with van der Waals surface area (Å²) in [5.41, 5.74) is 2.94. The van der Waals surface area contributed by atoms with Crippen LogP contribution >= 0.6 is 0 Å². The number of carbonyl (C=O) groups excluding carboxylic acids is 2. The second kappa shape index (κ2) is 7.78. The predicted molar refractivity (Wildman–Crippen MR) is 85.8 cm³/mol. The number of methoxy groups -OCH3 is 1. The van der Waals surface area contributed by atoms with Crippen LogP contribution in [-0.4, -0.2) is 32.3 Å². The van der Waals surface area contributed by atoms with Gasteiger partial charge in [0, 0.05) is 12.8 Å². The number of urea groups is 1. The van der Waals surface area contributed by atoms with Gasteiger partial charge in [-0.2, -0.15) is 0 Å². The van der Waals surface area contributed by atoms with E-state index < -0.39 is 12.0 Å². The van der Waals surface area contributed by atoms with E-state index in [1.54, 1.807) is 14.0 Å². The number of benzene rings is 1. The van der Waals surface area contributed by atoms with Crippen molar-refractivity contribution in [2.45, 2.75) is 26.3 Å². The van der Waals surface area contributed by atoms with Crippen LogP contribution in [0.1, 0.15) is 31.0 Å². The van der Waals surface area contributed by atoms with Gasteiger partial charge in [-0.05, 0) is 24.5 Å². The fraction of sp³-hybridized carbons (Fsp3) is 0.412. The number of allylic oxidation sites excluding steroid dienone is 1. The summed E-state index contributed by atoms with van der Waals surface area (Å²) in [5, 5.41) is 5.40. The van der Waals surface area contributed by atoms with Gasteiger partial charge in [0.25, 0.3) is 0 Å². The highest BCUT2D eigenvalue weighted by Gasteiger charge is 2.32. The molecule has 0 bridgehead atoms. The summed E-state index contributed by atoms with van der Waals surface area (Å²) in [5.74, 6) is -0.461. The number of hydrogen-bond acceptors (Lipinski definition) is 4. The largest absolute Gasteiger partial charge is 0.460 e. The molecule has 0 fully saturated rings. The van der Waals surface area contributed by atoms with Gasteiger partial charge in [0.1, 0.15) is 6.61 Å². The molecule has 124 valence electrons. The smallest absolute Gasteiger partial charge is 0.338 e. The van der Waals surface area contributed by atoms with Gasteiger partial charge in [-0.1, -0.05) is 31.2 Å². The molecule has 0 aromatic heterocycles. The third-order valence-electron chi connectivity index (χ3n) is 3.73. The molecule has 1 heterocycles. The maximum Gasteiger partial charge on any atom is 0.338 e. The van der Waals surface area contributed by atoms with E-state index in [9.17, 15) is 9.59 Å². The Morgan fingerprint density at radius 3 is 2.52 bits per heavy atom. The first kappa shape index (κ1) is 17.0. The summed E-state index contributed by atoms with van der Waals surface area (Å²) in [6, 6.07) is 6.97. The van der Waals surface area contributed by atoms with E-state index in [-0.39, 0.29) is 12.6 Å². The van der Waals surface area contributed by atoms with Gasteiger partial charge in [-0.25, -0.2) is 9.59 Å². The summed E-state index contributed by atoms with van der Waals surface area (Å²) in [7, 11) is 1.54. The van der Waals surface area contributed by atoms with Crippen LogP contribution < -0.4 is 10.6 Å². The van der Waals surface area contributed by atoms with Crippen molar-refractivity contribution >= 4 is 12.0 Å². The molecule has 0 unspecified atom stereocenters. The van der Waals surface area contributed by atoms with E-state index in [1.165, 1.54) is 5.56 Å². The number of esters is 1. The first-order valence-electron chi connectivity index (χ1n) is 7.60. The fourth-order valence-electron chi connectivity index (χ4n) is 2.46. The average Bonchev–Trinajstić information content (AvgIpc) is 2.54. The molecule has 2 amide bonds. The van der Waals surface area contributed by atoms with Crippen LogP contribution in [0, 0.1) is 0 Å². The number of hydrogen-bond donors (Lipinski definition) is 2. The molecule has 0 spiro atoms. The molecular weight excluding hydrogens is 296 g/mol. The Bertz CT molecular complexity index is 608. The highest BCUT2D eigenvalue weighted by atomic mass is 16.6. The minimum absolute atomic E-state index is 0.168. The molecule has 2 N–H and O–H groups in total. The van der Waals surface area contributed by atoms with E-state index in [2.05, 4.69) is 17.6 Å². The van der Waals surface area contributed by atoms with Crippen LogP contribution in [0.2, 0.25) is 0 Å². The molecule has 1 aromatic carbocycles. The highest BCUT2D eigenvalue weighted by Crippen LogP contribution is 2.27. The van der Waals surface area contributed by atoms with Crippen molar-refractivity contribution in [1.29, 1.82) is 0 Å². The standard InChI is InChI=1S/C17H22N2O4/c1-4-12-5-7-13(8-6-12)15-14(11(2)18-17(21)19-15)16(20)23-10-9-22-3/h5-8,15H,4,9-10H2,1-3H3,(H2,18,19,21)/t15-/m0/s1. The maximum atomic E-state index is 12.4. The maximum absolute atomic E-state index is 12.4. The molecule has 1 aliphatic heterocycles. The highest BCUT2D eigenvalue weighted by molar-refractivity contribution is 5.95. The van der Waals surface area contributed by atoms with Crippen LogP contribution in [0.25, 0.3) is 0 Å². The molecular formula is C17H22N2O4. The van der Waals surface area contributed by atoms with Gasteiger partial charge in [0.15, 0.2) is 0 Å². The molecule has 0 saturated heterocycles. The second-order valence-electron chi connectivity index (χ2n) is 5.29. The Morgan fingerprint density at radius 2 is 1.91 bits per heavy atom. The van der Waals surface area contributed by atoms with Crippen molar-refractivity contribution in [3.05, 3.63) is 46.7 Å². The Balaban J connectivity index is 2.27. The fourth-order valence-corrected chi connectivity index (χ4v) is 2.46. The first-order chi connectivity index (χ1) is 11.1. The number of rotatable bonds is 6. The van der Waals surface area contributed by atoms with Crippen molar-refractivity contribution in [2.24, 2.45) is 0 Å². The zero-order valence-electron chi connectivity index (χ0n) is 13.6. The number of amides is 2. The zero-order chi connectivity index (χ0) is 16.8. The van der Waals surface area contributed by atoms with Crippen molar-refractivity contribution in [3.8, 4) is 0 Å². The van der Waals surface area contributed by atoms with E-state index in [1.807, 2.05) is 24.3 Å². The Kier molecular flexibility index (Phi) is 5.76. The van der Waals surface area contributed by atoms with Gasteiger partial charge in [-0.15, -0.1) is 0 Å². The normalized spacial score (nSPS) is 17.5. The molecule has 1 atom stereocenters. The number of nitrogens with one attached hydrogen (secondary N) is 2. The molecule has 1 aliphatic rings. The summed E-state index contributed by atoms with van der Waals surface area (Å²) in [6.45, 7) is 4.26. The molecule has 0 saturated carbocycles. The molecule has 1 aromatic rings. The molecule has 0 radical (unpaired) electrons. The lowest BCUT2D eigenvalue weighted by atomic mass is 9.94. The average molecular weight is 318 g/mol. The van der Waals surface area contributed by atoms with Gasteiger partial charge < -0.3 is 20.1 Å². The van der Waals surface area contributed by atoms with Crippen molar-refractivity contribution in [2.75, 3.05) is 20.3 Å². The van der Waals surface area contributed by atoms with Crippen LogP contribution in [0.3, 0.4) is 0 Å². The number of carbonyl (C=O) groups is 2. The zero-order valence-corrected chi connectivity index (χ0v) is 13.6. The van der Waals surface area contributed by atoms with Crippen LogP contribution in [0.5, 0.6) is 0 Å².